The lowest BCUT2D eigenvalue weighted by Gasteiger charge is -2.27. The number of rotatable bonds is 16. The van der Waals surface area contributed by atoms with E-state index >= 15 is 0 Å². The zero-order valence-corrected chi connectivity index (χ0v) is 22.8. The molecule has 12 heteroatoms. The van der Waals surface area contributed by atoms with Gasteiger partial charge in [-0.15, -0.1) is 0 Å². The van der Waals surface area contributed by atoms with E-state index in [2.05, 4.69) is 33.6 Å². The van der Waals surface area contributed by atoms with Gasteiger partial charge >= 0.3 is 5.97 Å². The summed E-state index contributed by atoms with van der Waals surface area (Å²) < 4.78 is 0. The highest BCUT2D eigenvalue weighted by molar-refractivity contribution is 7.80. The molecule has 5 unspecified atom stereocenters. The van der Waals surface area contributed by atoms with E-state index in [0.29, 0.717) is 25.8 Å². The number of carboxylic acid groups (broad SMARTS) is 1. The third-order valence-electron chi connectivity index (χ3n) is 6.62. The summed E-state index contributed by atoms with van der Waals surface area (Å²) in [6, 6.07) is 3.64. The largest absolute Gasteiger partial charge is 0.480 e. The van der Waals surface area contributed by atoms with Crippen molar-refractivity contribution in [1.82, 2.24) is 20.9 Å². The second kappa shape index (κ2) is 15.4. The van der Waals surface area contributed by atoms with Gasteiger partial charge in [0.2, 0.25) is 17.7 Å². The maximum atomic E-state index is 13.2. The lowest BCUT2D eigenvalue weighted by molar-refractivity contribution is -0.142. The third kappa shape index (κ3) is 8.74. The standard InChI is InChI=1S/C26H40N6O5S/c1-3-15(2)22(32-23(33)18(28)12-16-13-29-19-9-5-4-8-17(16)19)25(35)31-21(14-38)24(34)30-20(26(36)37)10-6-7-11-27/h4-5,8-9,13,15,18,20-22,29,38H,3,6-7,10-12,14,27-28H2,1-2H3,(H,30,34)(H,31,35)(H,32,33)(H,36,37). The van der Waals surface area contributed by atoms with Crippen LogP contribution in [-0.4, -0.2) is 70.2 Å². The molecule has 210 valence electrons. The number of amides is 3. The maximum Gasteiger partial charge on any atom is 0.326 e. The van der Waals surface area contributed by atoms with Crippen molar-refractivity contribution < 1.29 is 24.3 Å². The average Bonchev–Trinajstić information content (AvgIpc) is 3.31. The number of fused-ring (bicyclic) bond motifs is 1. The molecule has 1 heterocycles. The lowest BCUT2D eigenvalue weighted by atomic mass is 9.97. The quantitative estimate of drug-likeness (QED) is 0.112. The number of thiol groups is 1. The molecule has 0 radical (unpaired) electrons. The summed E-state index contributed by atoms with van der Waals surface area (Å²) in [4.78, 5) is 53.6. The molecule has 11 nitrogen and oxygen atoms in total. The molecule has 0 aliphatic heterocycles. The summed E-state index contributed by atoms with van der Waals surface area (Å²) in [6.45, 7) is 4.11. The highest BCUT2D eigenvalue weighted by Gasteiger charge is 2.32. The van der Waals surface area contributed by atoms with Gasteiger partial charge in [0.1, 0.15) is 18.1 Å². The fourth-order valence-electron chi connectivity index (χ4n) is 4.07. The molecule has 0 bridgehead atoms. The van der Waals surface area contributed by atoms with E-state index in [9.17, 15) is 24.3 Å². The number of para-hydroxylation sites is 1. The minimum atomic E-state index is -1.17. The molecule has 2 rings (SSSR count). The van der Waals surface area contributed by atoms with E-state index in [-0.39, 0.29) is 24.5 Å². The zero-order valence-electron chi connectivity index (χ0n) is 21.9. The first-order valence-electron chi connectivity index (χ1n) is 12.9. The van der Waals surface area contributed by atoms with Gasteiger partial charge in [-0.05, 0) is 49.8 Å². The second-order valence-electron chi connectivity index (χ2n) is 9.47. The normalized spacial score (nSPS) is 15.2. The van der Waals surface area contributed by atoms with Gasteiger partial charge in [-0.2, -0.15) is 12.6 Å². The number of hydrogen-bond acceptors (Lipinski definition) is 7. The molecule has 0 aliphatic rings. The third-order valence-corrected chi connectivity index (χ3v) is 6.99. The molecule has 3 amide bonds. The molecular formula is C26H40N6O5S. The summed E-state index contributed by atoms with van der Waals surface area (Å²) in [5.74, 6) is -3.23. The van der Waals surface area contributed by atoms with Gasteiger partial charge in [-0.3, -0.25) is 14.4 Å². The van der Waals surface area contributed by atoms with Gasteiger partial charge in [0, 0.05) is 22.9 Å². The van der Waals surface area contributed by atoms with Crippen LogP contribution in [0.5, 0.6) is 0 Å². The van der Waals surface area contributed by atoms with Crippen molar-refractivity contribution in [2.45, 2.75) is 70.1 Å². The number of nitrogens with one attached hydrogen (secondary N) is 4. The number of H-pyrrole nitrogens is 1. The highest BCUT2D eigenvalue weighted by Crippen LogP contribution is 2.19. The Morgan fingerprint density at radius 1 is 1.03 bits per heavy atom. The Hall–Kier alpha value is -3.09. The highest BCUT2D eigenvalue weighted by atomic mass is 32.1. The van der Waals surface area contributed by atoms with Crippen molar-refractivity contribution in [3.05, 3.63) is 36.0 Å². The van der Waals surface area contributed by atoms with Crippen molar-refractivity contribution in [1.29, 1.82) is 0 Å². The Bertz CT molecular complexity index is 1090. The summed E-state index contributed by atoms with van der Waals surface area (Å²) >= 11 is 4.16. The molecule has 2 aromatic rings. The van der Waals surface area contributed by atoms with Crippen molar-refractivity contribution in [3.63, 3.8) is 0 Å². The van der Waals surface area contributed by atoms with E-state index in [0.717, 1.165) is 16.5 Å². The van der Waals surface area contributed by atoms with E-state index in [4.69, 9.17) is 11.5 Å². The van der Waals surface area contributed by atoms with Crippen LogP contribution < -0.4 is 27.4 Å². The van der Waals surface area contributed by atoms with E-state index in [1.165, 1.54) is 0 Å². The molecule has 0 fully saturated rings. The van der Waals surface area contributed by atoms with Gasteiger partial charge < -0.3 is 37.5 Å². The van der Waals surface area contributed by atoms with E-state index < -0.39 is 47.9 Å². The van der Waals surface area contributed by atoms with Crippen LogP contribution in [-0.2, 0) is 25.6 Å². The Morgan fingerprint density at radius 2 is 1.71 bits per heavy atom. The zero-order chi connectivity index (χ0) is 28.2. The minimum Gasteiger partial charge on any atom is -0.480 e. The van der Waals surface area contributed by atoms with Gasteiger partial charge in [0.15, 0.2) is 0 Å². The van der Waals surface area contributed by atoms with Crippen molar-refractivity contribution in [3.8, 4) is 0 Å². The number of aromatic amines is 1. The first-order chi connectivity index (χ1) is 18.1. The fraction of sp³-hybridized carbons (Fsp3) is 0.538. The smallest absolute Gasteiger partial charge is 0.326 e. The molecule has 9 N–H and O–H groups in total. The molecule has 0 saturated carbocycles. The molecule has 1 aromatic carbocycles. The lowest BCUT2D eigenvalue weighted by Crippen LogP contribution is -2.59. The van der Waals surface area contributed by atoms with Crippen molar-refractivity contribution in [2.24, 2.45) is 17.4 Å². The van der Waals surface area contributed by atoms with Crippen LogP contribution in [0, 0.1) is 5.92 Å². The second-order valence-corrected chi connectivity index (χ2v) is 9.83. The van der Waals surface area contributed by atoms with E-state index in [1.54, 1.807) is 0 Å². The van der Waals surface area contributed by atoms with Crippen LogP contribution in [0.25, 0.3) is 10.9 Å². The molecule has 5 atom stereocenters. The first kappa shape index (κ1) is 31.1. The maximum absolute atomic E-state index is 13.2. The summed E-state index contributed by atoms with van der Waals surface area (Å²) in [5, 5.41) is 18.2. The van der Waals surface area contributed by atoms with Crippen molar-refractivity contribution >= 4 is 47.2 Å². The number of aliphatic carboxylic acids is 1. The Balaban J connectivity index is 2.05. The monoisotopic (exact) mass is 548 g/mol. The summed E-state index contributed by atoms with van der Waals surface area (Å²) in [5.41, 5.74) is 13.5. The number of hydrogen-bond donors (Lipinski definition) is 8. The van der Waals surface area contributed by atoms with Gasteiger partial charge in [0.05, 0.1) is 6.04 Å². The number of aromatic nitrogens is 1. The van der Waals surface area contributed by atoms with Crippen LogP contribution in [0.15, 0.2) is 30.5 Å². The average molecular weight is 549 g/mol. The first-order valence-corrected chi connectivity index (χ1v) is 13.5. The minimum absolute atomic E-state index is 0.0615. The van der Waals surface area contributed by atoms with Gasteiger partial charge in [-0.25, -0.2) is 4.79 Å². The topological polar surface area (TPSA) is 192 Å². The molecule has 0 spiro atoms. The SMILES string of the molecule is CCC(C)C(NC(=O)C(N)Cc1c[nH]c2ccccc12)C(=O)NC(CS)C(=O)NC(CCCCN)C(=O)O. The number of carboxylic acids is 1. The number of unbranched alkanes of at least 4 members (excludes halogenated alkanes) is 1. The number of carbonyl (C=O) groups is 4. The van der Waals surface area contributed by atoms with E-state index in [1.807, 2.05) is 44.3 Å². The summed E-state index contributed by atoms with van der Waals surface area (Å²) in [7, 11) is 0. The fourth-order valence-corrected chi connectivity index (χ4v) is 4.33. The van der Waals surface area contributed by atoms with Crippen LogP contribution in [0.2, 0.25) is 0 Å². The van der Waals surface area contributed by atoms with Crippen LogP contribution >= 0.6 is 12.6 Å². The Labute approximate surface area is 228 Å². The molecule has 1 aromatic heterocycles. The van der Waals surface area contributed by atoms with Crippen LogP contribution in [0.1, 0.15) is 45.1 Å². The molecule has 0 saturated heterocycles. The Morgan fingerprint density at radius 3 is 2.34 bits per heavy atom. The van der Waals surface area contributed by atoms with Crippen LogP contribution in [0.3, 0.4) is 0 Å². The van der Waals surface area contributed by atoms with Gasteiger partial charge in [0.25, 0.3) is 0 Å². The molecular weight excluding hydrogens is 508 g/mol. The van der Waals surface area contributed by atoms with Crippen LogP contribution in [0.4, 0.5) is 0 Å². The number of carbonyl (C=O) groups excluding carboxylic acids is 3. The number of benzene rings is 1. The Kier molecular flexibility index (Phi) is 12.6. The predicted molar refractivity (Wildman–Crippen MR) is 150 cm³/mol. The van der Waals surface area contributed by atoms with Gasteiger partial charge in [-0.1, -0.05) is 38.5 Å². The summed E-state index contributed by atoms with van der Waals surface area (Å²) in [6.07, 6.45) is 4.04. The van der Waals surface area contributed by atoms with Crippen molar-refractivity contribution in [2.75, 3.05) is 12.3 Å². The predicted octanol–water partition coefficient (Wildman–Crippen LogP) is 0.682. The molecule has 0 aliphatic carbocycles. The number of nitrogens with two attached hydrogens (primary N) is 2. The molecule has 38 heavy (non-hydrogen) atoms.